The average molecular weight is 687 g/mol. The molecule has 1 aromatic heterocycles. The molecule has 0 aliphatic rings. The molecule has 0 saturated heterocycles. The second kappa shape index (κ2) is 33.5. The fraction of sp³-hybridized carbons (Fsp3) is 0.930. The molecular weight excluding hydrogens is 601 g/mol. The van der Waals surface area contributed by atoms with E-state index in [1.807, 2.05) is 0 Å². The monoisotopic (exact) mass is 687 g/mol. The third kappa shape index (κ3) is 25.1. The molecule has 1 heterocycles. The number of nitrogens with one attached hydrogen (secondary N) is 2. The summed E-state index contributed by atoms with van der Waals surface area (Å²) in [6.07, 6.45) is 37.2. The lowest BCUT2D eigenvalue weighted by Gasteiger charge is -2.31. The summed E-state index contributed by atoms with van der Waals surface area (Å²) in [5, 5.41) is 7.25. The molecule has 49 heavy (non-hydrogen) atoms. The second-order valence-corrected chi connectivity index (χ2v) is 15.2. The van der Waals surface area contributed by atoms with Gasteiger partial charge in [-0.15, -0.1) is 0 Å². The number of unbranched alkanes of at least 4 members (excludes halogenated alkanes) is 20. The van der Waals surface area contributed by atoms with Crippen LogP contribution in [0, 0.1) is 11.8 Å². The van der Waals surface area contributed by atoms with Crippen LogP contribution in [0.5, 0.6) is 0 Å². The molecule has 0 aliphatic heterocycles. The van der Waals surface area contributed by atoms with E-state index >= 15 is 0 Å². The van der Waals surface area contributed by atoms with E-state index in [9.17, 15) is 0 Å². The van der Waals surface area contributed by atoms with Crippen LogP contribution in [0.2, 0.25) is 0 Å². The van der Waals surface area contributed by atoms with Gasteiger partial charge in [0.15, 0.2) is 0 Å². The first-order valence-electron chi connectivity index (χ1n) is 22.1. The molecule has 0 bridgehead atoms. The topological polar surface area (TPSA) is 66.0 Å². The molecule has 288 valence electrons. The van der Waals surface area contributed by atoms with E-state index in [1.54, 1.807) is 0 Å². The van der Waals surface area contributed by atoms with Crippen LogP contribution in [0.4, 0.5) is 17.8 Å². The highest BCUT2D eigenvalue weighted by Gasteiger charge is 2.21. The van der Waals surface area contributed by atoms with Crippen LogP contribution >= 0.6 is 0 Å². The van der Waals surface area contributed by atoms with Crippen molar-refractivity contribution < 1.29 is 0 Å². The Labute approximate surface area is 307 Å². The maximum Gasteiger partial charge on any atom is 0.231 e. The van der Waals surface area contributed by atoms with E-state index in [1.165, 1.54) is 180 Å². The predicted octanol–water partition coefficient (Wildman–Crippen LogP) is 13.8. The first-order valence-corrected chi connectivity index (χ1v) is 22.1. The summed E-state index contributed by atoms with van der Waals surface area (Å²) in [5.74, 6) is 3.72. The maximum absolute atomic E-state index is 5.11. The van der Waals surface area contributed by atoms with Gasteiger partial charge in [0.1, 0.15) is 0 Å². The molecule has 6 nitrogen and oxygen atoms in total. The summed E-state index contributed by atoms with van der Waals surface area (Å²) in [6.45, 7) is 17.9. The Morgan fingerprint density at radius 3 is 1.06 bits per heavy atom. The van der Waals surface area contributed by atoms with Gasteiger partial charge >= 0.3 is 0 Å². The lowest BCUT2D eigenvalue weighted by Crippen LogP contribution is -2.36. The van der Waals surface area contributed by atoms with Crippen molar-refractivity contribution >= 4 is 17.8 Å². The Morgan fingerprint density at radius 1 is 0.408 bits per heavy atom. The minimum absolute atomic E-state index is 0.673. The van der Waals surface area contributed by atoms with E-state index in [-0.39, 0.29) is 0 Å². The van der Waals surface area contributed by atoms with Gasteiger partial charge in [-0.05, 0) is 37.5 Å². The van der Waals surface area contributed by atoms with E-state index < -0.39 is 0 Å². The Bertz CT molecular complexity index is 770. The summed E-state index contributed by atoms with van der Waals surface area (Å²) in [4.78, 5) is 17.7. The van der Waals surface area contributed by atoms with Crippen LogP contribution in [-0.2, 0) is 0 Å². The lowest BCUT2D eigenvalue weighted by atomic mass is 9.96. The largest absolute Gasteiger partial charge is 0.354 e. The number of hydrogen-bond acceptors (Lipinski definition) is 6. The maximum atomic E-state index is 5.11. The highest BCUT2D eigenvalue weighted by Crippen LogP contribution is 2.24. The molecular formula is C43H86N6. The lowest BCUT2D eigenvalue weighted by molar-refractivity contribution is 0.400. The van der Waals surface area contributed by atoms with Crippen LogP contribution in [-0.4, -0.2) is 41.1 Å². The molecule has 1 rings (SSSR count). The summed E-state index contributed by atoms with van der Waals surface area (Å²) in [6, 6.07) is 0. The van der Waals surface area contributed by atoms with Crippen molar-refractivity contribution in [1.29, 1.82) is 0 Å². The Kier molecular flexibility index (Phi) is 31.1. The van der Waals surface area contributed by atoms with E-state index in [0.717, 1.165) is 44.0 Å². The highest BCUT2D eigenvalue weighted by molar-refractivity contribution is 5.44. The van der Waals surface area contributed by atoms with Gasteiger partial charge in [-0.2, -0.15) is 15.0 Å². The summed E-state index contributed by atoms with van der Waals surface area (Å²) < 4.78 is 0. The molecule has 2 N–H and O–H groups in total. The van der Waals surface area contributed by atoms with Gasteiger partial charge in [0.2, 0.25) is 17.8 Å². The first-order chi connectivity index (χ1) is 24.1. The zero-order chi connectivity index (χ0) is 35.6. The van der Waals surface area contributed by atoms with Crippen LogP contribution < -0.4 is 15.5 Å². The smallest absolute Gasteiger partial charge is 0.231 e. The standard InChI is InChI=1S/C43H86N6/c1-7-13-17-19-21-23-25-27-29-31-35-44-41-46-42(45-36-32-30-28-26-24-22-20-18-14-8-2)48-43(47-41)49(37-39(11-5)33-15-9-3)38-40(12-6)34-16-10-4/h39-40H,7-38H2,1-6H3,(H2,44,45,46,47,48). The minimum Gasteiger partial charge on any atom is -0.354 e. The zero-order valence-electron chi connectivity index (χ0n) is 34.1. The second-order valence-electron chi connectivity index (χ2n) is 15.2. The summed E-state index contributed by atoms with van der Waals surface area (Å²) in [5.41, 5.74) is 0. The van der Waals surface area contributed by atoms with Crippen molar-refractivity contribution in [2.24, 2.45) is 11.8 Å². The Hall–Kier alpha value is -1.59. The molecule has 0 aromatic carbocycles. The fourth-order valence-electron chi connectivity index (χ4n) is 6.99. The first kappa shape index (κ1) is 45.4. The normalized spacial score (nSPS) is 12.7. The van der Waals surface area contributed by atoms with Crippen molar-refractivity contribution in [1.82, 2.24) is 15.0 Å². The molecule has 0 aliphatic carbocycles. The minimum atomic E-state index is 0.673. The molecule has 0 spiro atoms. The third-order valence-electron chi connectivity index (χ3n) is 10.6. The van der Waals surface area contributed by atoms with E-state index in [0.29, 0.717) is 11.8 Å². The van der Waals surface area contributed by atoms with Crippen molar-refractivity contribution in [2.75, 3.05) is 41.7 Å². The number of rotatable bonds is 37. The highest BCUT2D eigenvalue weighted by atomic mass is 15.3. The molecule has 0 fully saturated rings. The van der Waals surface area contributed by atoms with Crippen molar-refractivity contribution in [3.05, 3.63) is 0 Å². The van der Waals surface area contributed by atoms with Crippen LogP contribution in [0.3, 0.4) is 0 Å². The van der Waals surface area contributed by atoms with Gasteiger partial charge in [0.05, 0.1) is 0 Å². The molecule has 0 saturated carbocycles. The van der Waals surface area contributed by atoms with E-state index in [4.69, 9.17) is 15.0 Å². The Morgan fingerprint density at radius 2 is 0.735 bits per heavy atom. The van der Waals surface area contributed by atoms with Crippen molar-refractivity contribution in [2.45, 2.75) is 221 Å². The summed E-state index contributed by atoms with van der Waals surface area (Å²) in [7, 11) is 0. The quantitative estimate of drug-likeness (QED) is 0.0679. The number of nitrogens with zero attached hydrogens (tertiary/aromatic N) is 4. The van der Waals surface area contributed by atoms with Crippen LogP contribution in [0.1, 0.15) is 221 Å². The van der Waals surface area contributed by atoms with Gasteiger partial charge < -0.3 is 15.5 Å². The van der Waals surface area contributed by atoms with Crippen LogP contribution in [0.15, 0.2) is 0 Å². The number of anilines is 3. The predicted molar refractivity (Wildman–Crippen MR) is 219 cm³/mol. The molecule has 0 amide bonds. The number of aromatic nitrogens is 3. The van der Waals surface area contributed by atoms with Crippen LogP contribution in [0.25, 0.3) is 0 Å². The molecule has 0 radical (unpaired) electrons. The fourth-order valence-corrected chi connectivity index (χ4v) is 6.99. The van der Waals surface area contributed by atoms with Gasteiger partial charge in [-0.25, -0.2) is 0 Å². The molecule has 6 heteroatoms. The van der Waals surface area contributed by atoms with Gasteiger partial charge in [-0.1, -0.05) is 196 Å². The molecule has 2 unspecified atom stereocenters. The van der Waals surface area contributed by atoms with Gasteiger partial charge in [0, 0.05) is 26.2 Å². The SMILES string of the molecule is CCCCCCCCCCCCNc1nc(NCCCCCCCCCCCC)nc(N(CC(CC)CCCC)CC(CC)CCCC)n1. The molecule has 2 atom stereocenters. The zero-order valence-corrected chi connectivity index (χ0v) is 34.1. The third-order valence-corrected chi connectivity index (χ3v) is 10.6. The molecule has 1 aromatic rings. The van der Waals surface area contributed by atoms with Crippen molar-refractivity contribution in [3.63, 3.8) is 0 Å². The van der Waals surface area contributed by atoms with Crippen molar-refractivity contribution in [3.8, 4) is 0 Å². The Balaban J connectivity index is 2.88. The summed E-state index contributed by atoms with van der Waals surface area (Å²) >= 11 is 0. The van der Waals surface area contributed by atoms with Gasteiger partial charge in [0.25, 0.3) is 0 Å². The van der Waals surface area contributed by atoms with Gasteiger partial charge in [-0.3, -0.25) is 0 Å². The average Bonchev–Trinajstić information content (AvgIpc) is 3.12. The number of hydrogen-bond donors (Lipinski definition) is 2. The van der Waals surface area contributed by atoms with E-state index in [2.05, 4.69) is 57.1 Å².